The van der Waals surface area contributed by atoms with Gasteiger partial charge in [-0.3, -0.25) is 0 Å². The van der Waals surface area contributed by atoms with Crippen LogP contribution in [0.25, 0.3) is 11.1 Å². The third kappa shape index (κ3) is 2.95. The summed E-state index contributed by atoms with van der Waals surface area (Å²) in [7, 11) is 2.02. The second kappa shape index (κ2) is 6.40. The third-order valence-corrected chi connectivity index (χ3v) is 4.80. The van der Waals surface area contributed by atoms with E-state index >= 15 is 0 Å². The van der Waals surface area contributed by atoms with E-state index in [1.54, 1.807) is 12.1 Å². The number of benzene rings is 1. The first-order valence-electron chi connectivity index (χ1n) is 8.30. The SMILES string of the molecule is Cc1noc2ncnc(N(C)[C@H]3CCO[C@@H](c4ccc(F)cc4)C3)c12. The van der Waals surface area contributed by atoms with Crippen LogP contribution in [0.5, 0.6) is 0 Å². The van der Waals surface area contributed by atoms with E-state index in [4.69, 9.17) is 9.26 Å². The molecule has 6 nitrogen and oxygen atoms in total. The van der Waals surface area contributed by atoms with Crippen molar-refractivity contribution in [2.75, 3.05) is 18.6 Å². The van der Waals surface area contributed by atoms with E-state index in [-0.39, 0.29) is 18.0 Å². The minimum absolute atomic E-state index is 0.0531. The zero-order chi connectivity index (χ0) is 17.4. The maximum absolute atomic E-state index is 13.2. The highest BCUT2D eigenvalue weighted by Crippen LogP contribution is 2.34. The van der Waals surface area contributed by atoms with Gasteiger partial charge in [0, 0.05) is 19.7 Å². The van der Waals surface area contributed by atoms with Gasteiger partial charge in [-0.25, -0.2) is 9.37 Å². The molecule has 0 saturated carbocycles. The number of halogens is 1. The Labute approximate surface area is 144 Å². The quantitative estimate of drug-likeness (QED) is 0.727. The molecule has 2 atom stereocenters. The molecule has 1 fully saturated rings. The van der Waals surface area contributed by atoms with Crippen LogP contribution in [-0.4, -0.2) is 34.8 Å². The minimum atomic E-state index is -0.237. The summed E-state index contributed by atoms with van der Waals surface area (Å²) in [5, 5.41) is 4.83. The van der Waals surface area contributed by atoms with Crippen LogP contribution in [0.4, 0.5) is 10.2 Å². The summed E-state index contributed by atoms with van der Waals surface area (Å²) in [5.74, 6) is 0.577. The van der Waals surface area contributed by atoms with Crippen molar-refractivity contribution in [1.82, 2.24) is 15.1 Å². The maximum Gasteiger partial charge on any atom is 0.263 e. The van der Waals surface area contributed by atoms with Crippen molar-refractivity contribution in [3.05, 3.63) is 47.7 Å². The Hall–Kier alpha value is -2.54. The first kappa shape index (κ1) is 16.0. The van der Waals surface area contributed by atoms with Crippen molar-refractivity contribution in [1.29, 1.82) is 0 Å². The molecule has 1 aromatic carbocycles. The zero-order valence-corrected chi connectivity index (χ0v) is 14.1. The summed E-state index contributed by atoms with van der Waals surface area (Å²) in [6, 6.07) is 6.77. The molecule has 0 amide bonds. The molecule has 0 bridgehead atoms. The molecule has 3 aromatic rings. The average Bonchev–Trinajstić information content (AvgIpc) is 3.03. The van der Waals surface area contributed by atoms with Gasteiger partial charge in [0.15, 0.2) is 0 Å². The van der Waals surface area contributed by atoms with Crippen molar-refractivity contribution in [2.24, 2.45) is 0 Å². The van der Waals surface area contributed by atoms with Gasteiger partial charge in [-0.1, -0.05) is 17.3 Å². The van der Waals surface area contributed by atoms with Crippen molar-refractivity contribution in [2.45, 2.75) is 31.9 Å². The lowest BCUT2D eigenvalue weighted by Crippen LogP contribution is -2.38. The molecular formula is C18H19FN4O2. The van der Waals surface area contributed by atoms with E-state index < -0.39 is 0 Å². The molecule has 0 N–H and O–H groups in total. The largest absolute Gasteiger partial charge is 0.373 e. The lowest BCUT2D eigenvalue weighted by molar-refractivity contribution is 0.00583. The Morgan fingerprint density at radius 1 is 1.20 bits per heavy atom. The molecule has 7 heteroatoms. The van der Waals surface area contributed by atoms with E-state index in [2.05, 4.69) is 20.0 Å². The Kier molecular flexibility index (Phi) is 4.09. The topological polar surface area (TPSA) is 64.3 Å². The van der Waals surface area contributed by atoms with Crippen molar-refractivity contribution in [3.63, 3.8) is 0 Å². The number of anilines is 1. The Balaban J connectivity index is 1.60. The highest BCUT2D eigenvalue weighted by atomic mass is 19.1. The summed E-state index contributed by atoms with van der Waals surface area (Å²) in [4.78, 5) is 10.7. The number of ether oxygens (including phenoxy) is 1. The van der Waals surface area contributed by atoms with E-state index in [1.165, 1.54) is 18.5 Å². The summed E-state index contributed by atoms with van der Waals surface area (Å²) in [5.41, 5.74) is 2.27. The predicted octanol–water partition coefficient (Wildman–Crippen LogP) is 3.42. The van der Waals surface area contributed by atoms with Crippen LogP contribution < -0.4 is 4.90 Å². The Bertz CT molecular complexity index is 880. The molecule has 4 rings (SSSR count). The number of nitrogens with zero attached hydrogens (tertiary/aromatic N) is 4. The van der Waals surface area contributed by atoms with Crippen LogP contribution in [0, 0.1) is 12.7 Å². The molecule has 0 spiro atoms. The highest BCUT2D eigenvalue weighted by molar-refractivity contribution is 5.87. The number of hydrogen-bond acceptors (Lipinski definition) is 6. The van der Waals surface area contributed by atoms with E-state index in [9.17, 15) is 4.39 Å². The summed E-state index contributed by atoms with van der Waals surface area (Å²) in [6.07, 6.45) is 3.14. The van der Waals surface area contributed by atoms with Crippen LogP contribution >= 0.6 is 0 Å². The molecular weight excluding hydrogens is 323 g/mol. The monoisotopic (exact) mass is 342 g/mol. The number of aryl methyl sites for hydroxylation is 1. The van der Waals surface area contributed by atoms with Crippen LogP contribution in [0.15, 0.2) is 35.1 Å². The fraction of sp³-hybridized carbons (Fsp3) is 0.389. The summed E-state index contributed by atoms with van der Waals surface area (Å²) >= 11 is 0. The number of aromatic nitrogens is 3. The second-order valence-electron chi connectivity index (χ2n) is 6.35. The van der Waals surface area contributed by atoms with E-state index in [1.807, 2.05) is 14.0 Å². The lowest BCUT2D eigenvalue weighted by Gasteiger charge is -2.36. The Morgan fingerprint density at radius 2 is 2.00 bits per heavy atom. The molecule has 1 saturated heterocycles. The standard InChI is InChI=1S/C18H19FN4O2/c1-11-16-17(20-10-21-18(16)25-22-11)23(2)14-7-8-24-15(9-14)12-3-5-13(19)6-4-12/h3-6,10,14-15H,7-9H2,1-2H3/t14-,15+/m0/s1. The molecule has 130 valence electrons. The first-order valence-corrected chi connectivity index (χ1v) is 8.30. The average molecular weight is 342 g/mol. The highest BCUT2D eigenvalue weighted by Gasteiger charge is 2.29. The molecule has 3 heterocycles. The van der Waals surface area contributed by atoms with Gasteiger partial charge in [-0.05, 0) is 37.5 Å². The van der Waals surface area contributed by atoms with E-state index in [0.717, 1.165) is 35.3 Å². The molecule has 1 aliphatic rings. The molecule has 0 aliphatic carbocycles. The summed E-state index contributed by atoms with van der Waals surface area (Å²) < 4.78 is 24.3. The fourth-order valence-electron chi connectivity index (χ4n) is 3.39. The van der Waals surface area contributed by atoms with Crippen LogP contribution in [0.1, 0.15) is 30.2 Å². The van der Waals surface area contributed by atoms with Gasteiger partial charge in [0.2, 0.25) is 0 Å². The van der Waals surface area contributed by atoms with Crippen molar-refractivity contribution < 1.29 is 13.7 Å². The maximum atomic E-state index is 13.2. The number of hydrogen-bond donors (Lipinski definition) is 0. The van der Waals surface area contributed by atoms with Crippen molar-refractivity contribution >= 4 is 16.9 Å². The van der Waals surface area contributed by atoms with Crippen molar-refractivity contribution in [3.8, 4) is 0 Å². The third-order valence-electron chi connectivity index (χ3n) is 4.80. The molecule has 25 heavy (non-hydrogen) atoms. The van der Waals surface area contributed by atoms with E-state index in [0.29, 0.717) is 12.3 Å². The minimum Gasteiger partial charge on any atom is -0.373 e. The summed E-state index contributed by atoms with van der Waals surface area (Å²) in [6.45, 7) is 2.53. The van der Waals surface area contributed by atoms with Gasteiger partial charge in [0.1, 0.15) is 23.3 Å². The smallest absolute Gasteiger partial charge is 0.263 e. The predicted molar refractivity (Wildman–Crippen MR) is 90.9 cm³/mol. The first-order chi connectivity index (χ1) is 12.1. The van der Waals surface area contributed by atoms with Gasteiger partial charge in [-0.15, -0.1) is 0 Å². The second-order valence-corrected chi connectivity index (χ2v) is 6.35. The van der Waals surface area contributed by atoms with Gasteiger partial charge >= 0.3 is 0 Å². The van der Waals surface area contributed by atoms with Gasteiger partial charge < -0.3 is 14.2 Å². The molecule has 0 radical (unpaired) electrons. The lowest BCUT2D eigenvalue weighted by atomic mass is 9.96. The molecule has 0 unspecified atom stereocenters. The zero-order valence-electron chi connectivity index (χ0n) is 14.1. The number of rotatable bonds is 3. The van der Waals surface area contributed by atoms with Crippen LogP contribution in [0.3, 0.4) is 0 Å². The van der Waals surface area contributed by atoms with Gasteiger partial charge in [0.05, 0.1) is 11.8 Å². The van der Waals surface area contributed by atoms with Gasteiger partial charge in [0.25, 0.3) is 5.71 Å². The van der Waals surface area contributed by atoms with Crippen LogP contribution in [-0.2, 0) is 4.74 Å². The molecule has 1 aliphatic heterocycles. The normalized spacial score (nSPS) is 20.8. The Morgan fingerprint density at radius 3 is 2.80 bits per heavy atom. The number of fused-ring (bicyclic) bond motifs is 1. The van der Waals surface area contributed by atoms with Gasteiger partial charge in [-0.2, -0.15) is 4.98 Å². The molecule has 2 aromatic heterocycles. The van der Waals surface area contributed by atoms with Crippen LogP contribution in [0.2, 0.25) is 0 Å². The fourth-order valence-corrected chi connectivity index (χ4v) is 3.39.